The van der Waals surface area contributed by atoms with Gasteiger partial charge < -0.3 is 19.4 Å². The molecule has 2 atom stereocenters. The van der Waals surface area contributed by atoms with Crippen molar-refractivity contribution in [3.05, 3.63) is 64.4 Å². The Bertz CT molecular complexity index is 1070. The van der Waals surface area contributed by atoms with Crippen molar-refractivity contribution < 1.29 is 18.7 Å². The van der Waals surface area contributed by atoms with Gasteiger partial charge in [-0.2, -0.15) is 0 Å². The van der Waals surface area contributed by atoms with Crippen molar-refractivity contribution in [2.75, 3.05) is 13.1 Å². The second-order valence-corrected chi connectivity index (χ2v) is 9.06. The Morgan fingerprint density at radius 1 is 1.16 bits per heavy atom. The van der Waals surface area contributed by atoms with Gasteiger partial charge in [0.1, 0.15) is 5.76 Å². The zero-order valence-corrected chi connectivity index (χ0v) is 19.3. The van der Waals surface area contributed by atoms with Crippen LogP contribution in [-0.2, 0) is 22.5 Å². The smallest absolute Gasteiger partial charge is 0.254 e. The number of morpholine rings is 1. The van der Waals surface area contributed by atoms with Gasteiger partial charge in [0.2, 0.25) is 11.8 Å². The van der Waals surface area contributed by atoms with Gasteiger partial charge in [0, 0.05) is 25.2 Å². The molecule has 1 aliphatic rings. The number of hydrogen-bond acceptors (Lipinski definition) is 6. The zero-order chi connectivity index (χ0) is 22.7. The summed E-state index contributed by atoms with van der Waals surface area (Å²) < 4.78 is 11.4. The molecular weight excluding hydrogens is 426 g/mol. The second-order valence-electron chi connectivity index (χ2n) is 8.12. The van der Waals surface area contributed by atoms with E-state index in [1.807, 2.05) is 67.4 Å². The molecule has 1 fully saturated rings. The highest BCUT2D eigenvalue weighted by Gasteiger charge is 2.26. The van der Waals surface area contributed by atoms with E-state index < -0.39 is 0 Å². The fraction of sp³-hybridized carbons (Fsp3) is 0.375. The number of nitrogens with one attached hydrogen (secondary N) is 1. The van der Waals surface area contributed by atoms with E-state index in [-0.39, 0.29) is 30.4 Å². The highest BCUT2D eigenvalue weighted by atomic mass is 32.1. The van der Waals surface area contributed by atoms with E-state index >= 15 is 0 Å². The van der Waals surface area contributed by atoms with E-state index in [2.05, 4.69) is 10.3 Å². The molecular formula is C24H27N3O4S. The van der Waals surface area contributed by atoms with Crippen LogP contribution < -0.4 is 5.32 Å². The Kier molecular flexibility index (Phi) is 6.72. The molecule has 1 aromatic carbocycles. The highest BCUT2D eigenvalue weighted by molar-refractivity contribution is 7.13. The van der Waals surface area contributed by atoms with E-state index in [1.165, 1.54) is 0 Å². The summed E-state index contributed by atoms with van der Waals surface area (Å²) in [5.41, 5.74) is 2.20. The number of oxazole rings is 1. The topological polar surface area (TPSA) is 84.7 Å². The number of aromatic nitrogens is 1. The van der Waals surface area contributed by atoms with Gasteiger partial charge in [-0.3, -0.25) is 9.59 Å². The van der Waals surface area contributed by atoms with Crippen LogP contribution in [0.2, 0.25) is 0 Å². The lowest BCUT2D eigenvalue weighted by molar-refractivity contribution is -0.120. The number of rotatable bonds is 6. The molecule has 0 saturated carbocycles. The Labute approximate surface area is 191 Å². The van der Waals surface area contributed by atoms with Crippen LogP contribution in [0.3, 0.4) is 0 Å². The van der Waals surface area contributed by atoms with E-state index in [0.717, 1.165) is 10.4 Å². The number of hydrogen-bond donors (Lipinski definition) is 1. The number of amides is 2. The minimum Gasteiger partial charge on any atom is -0.440 e. The number of nitrogens with zero attached hydrogens (tertiary/aromatic N) is 2. The first-order valence-corrected chi connectivity index (χ1v) is 11.6. The molecule has 2 unspecified atom stereocenters. The van der Waals surface area contributed by atoms with Gasteiger partial charge in [0.15, 0.2) is 0 Å². The molecule has 0 spiro atoms. The summed E-state index contributed by atoms with van der Waals surface area (Å²) in [6.07, 6.45) is 0.226. The molecule has 1 N–H and O–H groups in total. The predicted octanol–water partition coefficient (Wildman–Crippen LogP) is 3.82. The van der Waals surface area contributed by atoms with Gasteiger partial charge in [-0.25, -0.2) is 4.98 Å². The van der Waals surface area contributed by atoms with Crippen LogP contribution in [0.5, 0.6) is 0 Å². The maximum absolute atomic E-state index is 12.8. The first kappa shape index (κ1) is 22.2. The van der Waals surface area contributed by atoms with Crippen molar-refractivity contribution in [2.45, 2.75) is 45.9 Å². The second kappa shape index (κ2) is 9.67. The molecule has 1 aliphatic heterocycles. The molecule has 1 saturated heterocycles. The predicted molar refractivity (Wildman–Crippen MR) is 122 cm³/mol. The standard InChI is InChI=1S/C24H27N3O4S/c1-15-13-27(14-16(2)30-15)24(29)19-8-6-18(7-9-19)12-25-22(28)11-20-17(3)31-23(26-20)21-5-4-10-32-21/h4-10,15-16H,11-14H2,1-3H3,(H,25,28). The molecule has 2 aromatic heterocycles. The van der Waals surface area contributed by atoms with Crippen molar-refractivity contribution in [2.24, 2.45) is 0 Å². The highest BCUT2D eigenvalue weighted by Crippen LogP contribution is 2.26. The quantitative estimate of drug-likeness (QED) is 0.613. The number of carbonyl (C=O) groups is 2. The van der Waals surface area contributed by atoms with Gasteiger partial charge in [-0.15, -0.1) is 11.3 Å². The lowest BCUT2D eigenvalue weighted by atomic mass is 10.1. The van der Waals surface area contributed by atoms with Gasteiger partial charge in [-0.1, -0.05) is 18.2 Å². The molecule has 4 rings (SSSR count). The number of thiophene rings is 1. The summed E-state index contributed by atoms with van der Waals surface area (Å²) in [6, 6.07) is 11.2. The SMILES string of the molecule is Cc1oc(-c2cccs2)nc1CC(=O)NCc1ccc(C(=O)N2CC(C)OC(C)C2)cc1. The molecule has 8 heteroatoms. The van der Waals surface area contributed by atoms with Crippen molar-refractivity contribution in [1.82, 2.24) is 15.2 Å². The maximum Gasteiger partial charge on any atom is 0.254 e. The van der Waals surface area contributed by atoms with Crippen LogP contribution in [0.4, 0.5) is 0 Å². The van der Waals surface area contributed by atoms with Crippen LogP contribution in [0.25, 0.3) is 10.8 Å². The third kappa shape index (κ3) is 5.26. The minimum atomic E-state index is -0.129. The van der Waals surface area contributed by atoms with Crippen LogP contribution in [0, 0.1) is 6.92 Å². The third-order valence-electron chi connectivity index (χ3n) is 5.35. The summed E-state index contributed by atoms with van der Waals surface area (Å²) >= 11 is 1.55. The summed E-state index contributed by atoms with van der Waals surface area (Å²) in [5.74, 6) is 1.07. The Morgan fingerprint density at radius 3 is 2.53 bits per heavy atom. The van der Waals surface area contributed by atoms with Crippen molar-refractivity contribution in [3.8, 4) is 10.8 Å². The first-order chi connectivity index (χ1) is 15.4. The van der Waals surface area contributed by atoms with Gasteiger partial charge >= 0.3 is 0 Å². The zero-order valence-electron chi connectivity index (χ0n) is 18.5. The van der Waals surface area contributed by atoms with Crippen molar-refractivity contribution in [1.29, 1.82) is 0 Å². The average Bonchev–Trinajstić information content (AvgIpc) is 3.42. The maximum atomic E-state index is 12.8. The minimum absolute atomic E-state index is 0.00522. The molecule has 0 bridgehead atoms. The molecule has 0 aliphatic carbocycles. The lowest BCUT2D eigenvalue weighted by Crippen LogP contribution is -2.48. The van der Waals surface area contributed by atoms with Crippen LogP contribution in [0.1, 0.15) is 41.2 Å². The van der Waals surface area contributed by atoms with E-state index in [9.17, 15) is 9.59 Å². The average molecular weight is 454 g/mol. The molecule has 0 radical (unpaired) electrons. The van der Waals surface area contributed by atoms with Crippen molar-refractivity contribution >= 4 is 23.2 Å². The molecule has 3 aromatic rings. The summed E-state index contributed by atoms with van der Waals surface area (Å²) in [7, 11) is 0. The van der Waals surface area contributed by atoms with Crippen LogP contribution in [-0.4, -0.2) is 47.0 Å². The van der Waals surface area contributed by atoms with Gasteiger partial charge in [-0.05, 0) is 49.9 Å². The summed E-state index contributed by atoms with van der Waals surface area (Å²) in [4.78, 5) is 32.4. The fourth-order valence-corrected chi connectivity index (χ4v) is 4.45. The largest absolute Gasteiger partial charge is 0.440 e. The van der Waals surface area contributed by atoms with E-state index in [4.69, 9.17) is 9.15 Å². The Balaban J connectivity index is 1.30. The van der Waals surface area contributed by atoms with Gasteiger partial charge in [0.25, 0.3) is 5.91 Å². The normalized spacial score (nSPS) is 18.5. The van der Waals surface area contributed by atoms with Gasteiger partial charge in [0.05, 0.1) is 29.2 Å². The van der Waals surface area contributed by atoms with Crippen molar-refractivity contribution in [3.63, 3.8) is 0 Å². The molecule has 2 amide bonds. The van der Waals surface area contributed by atoms with E-state index in [0.29, 0.717) is 42.5 Å². The molecule has 3 heterocycles. The Hall–Kier alpha value is -2.97. The van der Waals surface area contributed by atoms with Crippen LogP contribution in [0.15, 0.2) is 46.2 Å². The number of ether oxygens (including phenoxy) is 1. The molecule has 168 valence electrons. The summed E-state index contributed by atoms with van der Waals surface area (Å²) in [6.45, 7) is 7.34. The number of benzene rings is 1. The monoisotopic (exact) mass is 453 g/mol. The first-order valence-electron chi connectivity index (χ1n) is 10.7. The fourth-order valence-electron chi connectivity index (χ4n) is 3.80. The Morgan fingerprint density at radius 2 is 1.88 bits per heavy atom. The number of carbonyl (C=O) groups excluding carboxylic acids is 2. The molecule has 32 heavy (non-hydrogen) atoms. The van der Waals surface area contributed by atoms with Crippen LogP contribution >= 0.6 is 11.3 Å². The lowest BCUT2D eigenvalue weighted by Gasteiger charge is -2.35. The molecule has 7 nitrogen and oxygen atoms in total. The third-order valence-corrected chi connectivity index (χ3v) is 6.21. The number of aryl methyl sites for hydroxylation is 1. The summed E-state index contributed by atoms with van der Waals surface area (Å²) in [5, 5.41) is 4.87. The van der Waals surface area contributed by atoms with E-state index in [1.54, 1.807) is 11.3 Å².